The lowest BCUT2D eigenvalue weighted by Gasteiger charge is -2.27. The Bertz CT molecular complexity index is 968. The molecule has 0 atom stereocenters. The van der Waals surface area contributed by atoms with Gasteiger partial charge in [-0.2, -0.15) is 0 Å². The Morgan fingerprint density at radius 1 is 0.968 bits per heavy atom. The van der Waals surface area contributed by atoms with Crippen LogP contribution in [0.25, 0.3) is 5.70 Å². The number of hydrogen-bond donors (Lipinski definition) is 2. The third kappa shape index (κ3) is 6.37. The van der Waals surface area contributed by atoms with Crippen molar-refractivity contribution in [3.63, 3.8) is 0 Å². The summed E-state index contributed by atoms with van der Waals surface area (Å²) in [6.45, 7) is 9.04. The number of benzene rings is 3. The second kappa shape index (κ2) is 11.2. The van der Waals surface area contributed by atoms with E-state index >= 15 is 0 Å². The summed E-state index contributed by atoms with van der Waals surface area (Å²) in [5.74, 6) is 0.574. The Morgan fingerprint density at radius 3 is 2.32 bits per heavy atom. The number of aryl methyl sites for hydroxylation is 1. The molecule has 3 rings (SSSR count). The number of phenolic OH excluding ortho intramolecular Hbond substituents is 1. The lowest BCUT2D eigenvalue weighted by molar-refractivity contribution is 0.289. The average Bonchev–Trinajstić information content (AvgIpc) is 2.81. The van der Waals surface area contributed by atoms with Gasteiger partial charge in [-0.3, -0.25) is 0 Å². The van der Waals surface area contributed by atoms with Gasteiger partial charge in [-0.15, -0.1) is 0 Å². The summed E-state index contributed by atoms with van der Waals surface area (Å²) in [5, 5.41) is 10.5. The van der Waals surface area contributed by atoms with Crippen LogP contribution in [0.2, 0.25) is 0 Å². The first-order valence-corrected chi connectivity index (χ1v) is 10.8. The topological polar surface area (TPSA) is 58.7 Å². The minimum Gasteiger partial charge on any atom is -0.504 e. The second-order valence-electron chi connectivity index (χ2n) is 7.64. The largest absolute Gasteiger partial charge is 0.504 e. The number of rotatable bonds is 11. The Kier molecular flexibility index (Phi) is 8.13. The van der Waals surface area contributed by atoms with Crippen molar-refractivity contribution in [3.8, 4) is 11.5 Å². The summed E-state index contributed by atoms with van der Waals surface area (Å²) < 4.78 is 5.79. The fourth-order valence-corrected chi connectivity index (χ4v) is 3.43. The molecule has 0 aromatic heterocycles. The van der Waals surface area contributed by atoms with Crippen molar-refractivity contribution in [2.24, 2.45) is 5.73 Å². The van der Waals surface area contributed by atoms with Gasteiger partial charge in [-0.05, 0) is 54.3 Å². The van der Waals surface area contributed by atoms with E-state index in [1.807, 2.05) is 36.4 Å². The van der Waals surface area contributed by atoms with Crippen LogP contribution in [0.15, 0.2) is 79.4 Å². The summed E-state index contributed by atoms with van der Waals surface area (Å²) in [5.41, 5.74) is 11.1. The Balaban J connectivity index is 1.71. The number of hydrogen-bond acceptors (Lipinski definition) is 4. The summed E-state index contributed by atoms with van der Waals surface area (Å²) in [6, 6.07) is 24.0. The number of nitrogens with zero attached hydrogens (tertiary/aromatic N) is 1. The minimum atomic E-state index is 0.112. The van der Waals surface area contributed by atoms with E-state index < -0.39 is 0 Å². The molecule has 3 aromatic rings. The van der Waals surface area contributed by atoms with Gasteiger partial charge in [-0.25, -0.2) is 0 Å². The summed E-state index contributed by atoms with van der Waals surface area (Å²) in [4.78, 5) is 2.22. The van der Waals surface area contributed by atoms with Crippen LogP contribution in [0.5, 0.6) is 11.5 Å². The summed E-state index contributed by atoms with van der Waals surface area (Å²) >= 11 is 0. The smallest absolute Gasteiger partial charge is 0.161 e. The van der Waals surface area contributed by atoms with Crippen LogP contribution in [-0.2, 0) is 19.6 Å². The molecule has 0 bridgehead atoms. The van der Waals surface area contributed by atoms with Crippen molar-refractivity contribution in [2.45, 2.75) is 32.9 Å². The average molecular weight is 417 g/mol. The quantitative estimate of drug-likeness (QED) is 0.442. The summed E-state index contributed by atoms with van der Waals surface area (Å²) in [7, 11) is 0. The molecule has 0 saturated heterocycles. The standard InChI is InChI=1S/C27H32N2O2/c1-3-22-10-12-23(13-11-22)19-29(17-7-16-28)21(2)25-14-15-27(26(30)18-25)31-20-24-8-5-4-6-9-24/h4-6,8-15,18,30H,2-3,7,16-17,19-20,28H2,1H3. The maximum atomic E-state index is 10.5. The molecule has 0 fully saturated rings. The molecule has 4 nitrogen and oxygen atoms in total. The van der Waals surface area contributed by atoms with Gasteiger partial charge in [0.25, 0.3) is 0 Å². The van der Waals surface area contributed by atoms with Crippen molar-refractivity contribution in [2.75, 3.05) is 13.1 Å². The fraction of sp³-hybridized carbons (Fsp3) is 0.259. The van der Waals surface area contributed by atoms with E-state index in [0.29, 0.717) is 18.9 Å². The van der Waals surface area contributed by atoms with Crippen molar-refractivity contribution in [3.05, 3.63) is 102 Å². The molecule has 162 valence electrons. The first kappa shape index (κ1) is 22.4. The van der Waals surface area contributed by atoms with Gasteiger partial charge in [0, 0.05) is 24.4 Å². The third-order valence-corrected chi connectivity index (χ3v) is 5.35. The predicted octanol–water partition coefficient (Wildman–Crippen LogP) is 5.36. The third-order valence-electron chi connectivity index (χ3n) is 5.35. The zero-order valence-electron chi connectivity index (χ0n) is 18.3. The molecule has 0 amide bonds. The van der Waals surface area contributed by atoms with E-state index in [9.17, 15) is 5.11 Å². The van der Waals surface area contributed by atoms with Crippen LogP contribution < -0.4 is 10.5 Å². The highest BCUT2D eigenvalue weighted by Crippen LogP contribution is 2.31. The molecule has 3 aromatic carbocycles. The first-order chi connectivity index (χ1) is 15.1. The molecule has 0 aliphatic heterocycles. The molecular weight excluding hydrogens is 384 g/mol. The molecule has 0 heterocycles. The highest BCUT2D eigenvalue weighted by molar-refractivity contribution is 5.65. The second-order valence-corrected chi connectivity index (χ2v) is 7.64. The minimum absolute atomic E-state index is 0.112. The van der Waals surface area contributed by atoms with E-state index in [0.717, 1.165) is 42.8 Å². The maximum absolute atomic E-state index is 10.5. The van der Waals surface area contributed by atoms with E-state index in [-0.39, 0.29) is 5.75 Å². The van der Waals surface area contributed by atoms with Crippen LogP contribution in [0.4, 0.5) is 0 Å². The van der Waals surface area contributed by atoms with Crippen LogP contribution in [-0.4, -0.2) is 23.1 Å². The van der Waals surface area contributed by atoms with Crippen LogP contribution in [0.3, 0.4) is 0 Å². The molecular formula is C27H32N2O2. The maximum Gasteiger partial charge on any atom is 0.161 e. The Hall–Kier alpha value is -3.24. The Morgan fingerprint density at radius 2 is 1.68 bits per heavy atom. The Labute approximate surface area is 185 Å². The van der Waals surface area contributed by atoms with Gasteiger partial charge >= 0.3 is 0 Å². The van der Waals surface area contributed by atoms with Crippen LogP contribution >= 0.6 is 0 Å². The highest BCUT2D eigenvalue weighted by atomic mass is 16.5. The van der Waals surface area contributed by atoms with E-state index in [2.05, 4.69) is 42.7 Å². The number of phenols is 1. The summed E-state index contributed by atoms with van der Waals surface area (Å²) in [6.07, 6.45) is 1.90. The van der Waals surface area contributed by atoms with Crippen molar-refractivity contribution >= 4 is 5.70 Å². The molecule has 4 heteroatoms. The van der Waals surface area contributed by atoms with Crippen molar-refractivity contribution < 1.29 is 9.84 Å². The van der Waals surface area contributed by atoms with Gasteiger partial charge < -0.3 is 20.5 Å². The normalized spacial score (nSPS) is 10.6. The monoisotopic (exact) mass is 416 g/mol. The molecule has 0 unspecified atom stereocenters. The molecule has 0 saturated carbocycles. The zero-order valence-corrected chi connectivity index (χ0v) is 18.3. The van der Waals surface area contributed by atoms with E-state index in [1.54, 1.807) is 12.1 Å². The van der Waals surface area contributed by atoms with Crippen LogP contribution in [0, 0.1) is 0 Å². The molecule has 0 radical (unpaired) electrons. The van der Waals surface area contributed by atoms with Gasteiger partial charge in [0.05, 0.1) is 0 Å². The number of ether oxygens (including phenoxy) is 1. The predicted molar refractivity (Wildman–Crippen MR) is 128 cm³/mol. The lowest BCUT2D eigenvalue weighted by Crippen LogP contribution is -2.24. The first-order valence-electron chi connectivity index (χ1n) is 10.8. The fourth-order valence-electron chi connectivity index (χ4n) is 3.43. The molecule has 0 aliphatic rings. The van der Waals surface area contributed by atoms with Gasteiger partial charge in [0.15, 0.2) is 11.5 Å². The SMILES string of the molecule is C=C(c1ccc(OCc2ccccc2)c(O)c1)N(CCCN)Cc1ccc(CC)cc1. The van der Waals surface area contributed by atoms with Crippen molar-refractivity contribution in [1.29, 1.82) is 0 Å². The molecule has 0 spiro atoms. The number of aromatic hydroxyl groups is 1. The molecule has 3 N–H and O–H groups in total. The van der Waals surface area contributed by atoms with Crippen LogP contribution in [0.1, 0.15) is 35.6 Å². The lowest BCUT2D eigenvalue weighted by atomic mass is 10.1. The number of nitrogens with two attached hydrogens (primary N) is 1. The van der Waals surface area contributed by atoms with Gasteiger partial charge in [-0.1, -0.05) is 68.1 Å². The van der Waals surface area contributed by atoms with Gasteiger partial charge in [0.1, 0.15) is 6.61 Å². The molecule has 0 aliphatic carbocycles. The van der Waals surface area contributed by atoms with Crippen molar-refractivity contribution in [1.82, 2.24) is 4.90 Å². The van der Waals surface area contributed by atoms with Gasteiger partial charge in [0.2, 0.25) is 0 Å². The zero-order chi connectivity index (χ0) is 22.1. The van der Waals surface area contributed by atoms with E-state index in [4.69, 9.17) is 10.5 Å². The highest BCUT2D eigenvalue weighted by Gasteiger charge is 2.13. The van der Waals surface area contributed by atoms with E-state index in [1.165, 1.54) is 11.1 Å². The molecule has 31 heavy (non-hydrogen) atoms.